The summed E-state index contributed by atoms with van der Waals surface area (Å²) in [5.74, 6) is 4.23. The largest absolute Gasteiger partial charge is 0.393 e. The first-order chi connectivity index (χ1) is 21.7. The van der Waals surface area contributed by atoms with Crippen LogP contribution in [0.15, 0.2) is 0 Å². The SMILES string of the molecule is C[C@@H]1CCc2c1nc(N1CC[C@@H]1C)nc2N1CC(CC(=O)OC(=O)CC2CN(c3nc(N4CC[C@@H]4C)nc4c3CC[C@@H]4C)C2)C1. The van der Waals surface area contributed by atoms with E-state index in [1.165, 1.54) is 35.4 Å². The van der Waals surface area contributed by atoms with Gasteiger partial charge < -0.3 is 24.3 Å². The first kappa shape index (κ1) is 28.9. The third-order valence-corrected chi connectivity index (χ3v) is 11.4. The Balaban J connectivity index is 0.829. The fourth-order valence-corrected chi connectivity index (χ4v) is 8.08. The van der Waals surface area contributed by atoms with Crippen molar-refractivity contribution < 1.29 is 14.3 Å². The fraction of sp³-hybridized carbons (Fsp3) is 0.706. The number of hydrogen-bond acceptors (Lipinski definition) is 11. The Hall–Kier alpha value is -3.50. The molecule has 0 N–H and O–H groups in total. The van der Waals surface area contributed by atoms with Gasteiger partial charge in [0.25, 0.3) is 0 Å². The minimum Gasteiger partial charge on any atom is -0.393 e. The predicted molar refractivity (Wildman–Crippen MR) is 172 cm³/mol. The molecule has 2 aliphatic carbocycles. The third kappa shape index (κ3) is 5.10. The lowest BCUT2D eigenvalue weighted by atomic mass is 9.95. The van der Waals surface area contributed by atoms with Gasteiger partial charge in [-0.25, -0.2) is 9.97 Å². The topological polar surface area (TPSA) is 108 Å². The van der Waals surface area contributed by atoms with Crippen molar-refractivity contribution in [2.24, 2.45) is 11.8 Å². The molecule has 4 aliphatic heterocycles. The highest BCUT2D eigenvalue weighted by atomic mass is 16.6. The van der Waals surface area contributed by atoms with Crippen LogP contribution in [0.1, 0.15) is 101 Å². The maximum Gasteiger partial charge on any atom is 0.313 e. The van der Waals surface area contributed by atoms with Gasteiger partial charge in [0.15, 0.2) is 0 Å². The Bertz CT molecular complexity index is 1410. The van der Waals surface area contributed by atoms with Gasteiger partial charge in [0.2, 0.25) is 11.9 Å². The number of anilines is 4. The van der Waals surface area contributed by atoms with Gasteiger partial charge in [0.05, 0.1) is 24.2 Å². The second-order valence-corrected chi connectivity index (χ2v) is 14.8. The van der Waals surface area contributed by atoms with Crippen molar-refractivity contribution in [3.8, 4) is 0 Å². The predicted octanol–water partition coefficient (Wildman–Crippen LogP) is 3.99. The van der Waals surface area contributed by atoms with Crippen LogP contribution in [0.4, 0.5) is 23.5 Å². The molecule has 6 aliphatic rings. The van der Waals surface area contributed by atoms with Gasteiger partial charge >= 0.3 is 11.9 Å². The fourth-order valence-electron chi connectivity index (χ4n) is 8.08. The van der Waals surface area contributed by atoms with Gasteiger partial charge in [-0.2, -0.15) is 9.97 Å². The zero-order valence-electron chi connectivity index (χ0n) is 27.2. The Kier molecular flexibility index (Phi) is 7.13. The Morgan fingerprint density at radius 3 is 1.42 bits per heavy atom. The van der Waals surface area contributed by atoms with Crippen LogP contribution in [0.3, 0.4) is 0 Å². The zero-order chi connectivity index (χ0) is 31.0. The molecule has 11 nitrogen and oxygen atoms in total. The van der Waals surface area contributed by atoms with Gasteiger partial charge in [-0.1, -0.05) is 13.8 Å². The van der Waals surface area contributed by atoms with E-state index in [4.69, 9.17) is 24.7 Å². The van der Waals surface area contributed by atoms with Gasteiger partial charge in [-0.15, -0.1) is 0 Å². The molecule has 0 spiro atoms. The number of rotatable bonds is 8. The van der Waals surface area contributed by atoms with Crippen molar-refractivity contribution in [3.63, 3.8) is 0 Å². The highest BCUT2D eigenvalue weighted by molar-refractivity contribution is 5.86. The lowest BCUT2D eigenvalue weighted by Gasteiger charge is -2.43. The molecule has 8 rings (SSSR count). The highest BCUT2D eigenvalue weighted by Gasteiger charge is 2.39. The van der Waals surface area contributed by atoms with Crippen LogP contribution in [0.25, 0.3) is 0 Å². The van der Waals surface area contributed by atoms with Crippen LogP contribution >= 0.6 is 0 Å². The van der Waals surface area contributed by atoms with E-state index in [0.29, 0.717) is 23.9 Å². The first-order valence-electron chi connectivity index (χ1n) is 17.3. The second-order valence-electron chi connectivity index (χ2n) is 14.8. The molecule has 4 fully saturated rings. The smallest absolute Gasteiger partial charge is 0.313 e. The van der Waals surface area contributed by atoms with E-state index >= 15 is 0 Å². The Labute approximate surface area is 265 Å². The molecule has 2 aromatic rings. The summed E-state index contributed by atoms with van der Waals surface area (Å²) in [5, 5.41) is 0. The quantitative estimate of drug-likeness (QED) is 0.318. The van der Waals surface area contributed by atoms with Gasteiger partial charge in [-0.3, -0.25) is 9.59 Å². The van der Waals surface area contributed by atoms with E-state index < -0.39 is 11.9 Å². The maximum absolute atomic E-state index is 12.7. The lowest BCUT2D eigenvalue weighted by molar-refractivity contribution is -0.161. The van der Waals surface area contributed by atoms with Crippen LogP contribution in [0.5, 0.6) is 0 Å². The molecule has 0 radical (unpaired) electrons. The molecule has 0 amide bonds. The summed E-state index contributed by atoms with van der Waals surface area (Å²) in [7, 11) is 0. The monoisotopic (exact) mass is 614 g/mol. The standard InChI is InChI=1S/C34H46N8O3/c1-19-5-7-25-29(19)35-33(41-11-9-21(41)3)37-31(25)39-15-23(16-39)13-27(43)45-28(44)14-24-17-40(18-24)32-26-8-6-20(2)30(26)36-34(38-32)42-12-10-22(42)4/h19-24H,5-18H2,1-4H3/t19-,20+,21-,22-/m0/s1. The summed E-state index contributed by atoms with van der Waals surface area (Å²) in [6.45, 7) is 14.0. The van der Waals surface area contributed by atoms with Crippen LogP contribution in [0.2, 0.25) is 0 Å². The van der Waals surface area contributed by atoms with Crippen molar-refractivity contribution in [2.45, 2.75) is 103 Å². The number of aromatic nitrogens is 4. The molecule has 45 heavy (non-hydrogen) atoms. The summed E-state index contributed by atoms with van der Waals surface area (Å²) < 4.78 is 5.31. The average Bonchev–Trinajstić information content (AvgIpc) is 3.52. The number of carbonyl (C=O) groups excluding carboxylic acids is 2. The third-order valence-electron chi connectivity index (χ3n) is 11.4. The molecule has 11 heteroatoms. The minimum atomic E-state index is -0.409. The molecular formula is C34H46N8O3. The molecule has 4 atom stereocenters. The first-order valence-corrected chi connectivity index (χ1v) is 17.3. The summed E-state index contributed by atoms with van der Waals surface area (Å²) >= 11 is 0. The highest BCUT2D eigenvalue weighted by Crippen LogP contribution is 2.42. The van der Waals surface area contributed by atoms with Crippen molar-refractivity contribution in [2.75, 3.05) is 58.9 Å². The molecule has 0 aromatic carbocycles. The van der Waals surface area contributed by atoms with Gasteiger partial charge in [0.1, 0.15) is 11.6 Å². The number of nitrogens with zero attached hydrogens (tertiary/aromatic N) is 8. The van der Waals surface area contributed by atoms with Crippen molar-refractivity contribution >= 4 is 35.5 Å². The molecule has 0 unspecified atom stereocenters. The normalized spacial score (nSPS) is 27.4. The van der Waals surface area contributed by atoms with E-state index in [1.54, 1.807) is 0 Å². The molecular weight excluding hydrogens is 568 g/mol. The number of carbonyl (C=O) groups is 2. The molecule has 240 valence electrons. The van der Waals surface area contributed by atoms with Crippen molar-refractivity contribution in [1.29, 1.82) is 0 Å². The van der Waals surface area contributed by atoms with E-state index in [-0.39, 0.29) is 24.7 Å². The summed E-state index contributed by atoms with van der Waals surface area (Å²) in [4.78, 5) is 54.6. The zero-order valence-corrected chi connectivity index (χ0v) is 27.2. The summed E-state index contributed by atoms with van der Waals surface area (Å²) in [6, 6.07) is 0.964. The Morgan fingerprint density at radius 2 is 1.07 bits per heavy atom. The van der Waals surface area contributed by atoms with E-state index in [9.17, 15) is 9.59 Å². The molecule has 2 aromatic heterocycles. The van der Waals surface area contributed by atoms with Crippen molar-refractivity contribution in [3.05, 3.63) is 22.5 Å². The van der Waals surface area contributed by atoms with Crippen LogP contribution in [0, 0.1) is 11.8 Å². The number of fused-ring (bicyclic) bond motifs is 2. The summed E-state index contributed by atoms with van der Waals surface area (Å²) in [6.07, 6.45) is 7.13. The lowest BCUT2D eigenvalue weighted by Crippen LogP contribution is -2.50. The second kappa shape index (κ2) is 11.1. The van der Waals surface area contributed by atoms with Crippen LogP contribution < -0.4 is 19.6 Å². The van der Waals surface area contributed by atoms with Crippen LogP contribution in [-0.2, 0) is 27.2 Å². The average molecular weight is 615 g/mol. The maximum atomic E-state index is 12.7. The number of ether oxygens (including phenoxy) is 1. The molecule has 6 heterocycles. The van der Waals surface area contributed by atoms with Crippen LogP contribution in [-0.4, -0.2) is 83.2 Å². The molecule has 0 bridgehead atoms. The van der Waals surface area contributed by atoms with E-state index in [0.717, 1.165) is 88.5 Å². The van der Waals surface area contributed by atoms with E-state index in [1.807, 2.05) is 0 Å². The number of esters is 2. The van der Waals surface area contributed by atoms with Gasteiger partial charge in [0, 0.05) is 74.3 Å². The molecule has 0 saturated carbocycles. The Morgan fingerprint density at radius 1 is 0.644 bits per heavy atom. The van der Waals surface area contributed by atoms with Gasteiger partial charge in [-0.05, 0) is 64.2 Å². The van der Waals surface area contributed by atoms with E-state index in [2.05, 4.69) is 47.3 Å². The molecule has 4 saturated heterocycles. The minimum absolute atomic E-state index is 0.172. The number of hydrogen-bond donors (Lipinski definition) is 0. The summed E-state index contributed by atoms with van der Waals surface area (Å²) in [5.41, 5.74) is 4.94. The van der Waals surface area contributed by atoms with Crippen molar-refractivity contribution in [1.82, 2.24) is 19.9 Å².